The third-order valence-electron chi connectivity index (χ3n) is 2.01. The Morgan fingerprint density at radius 3 is 2.57 bits per heavy atom. The molecule has 0 spiro atoms. The van der Waals surface area contributed by atoms with Gasteiger partial charge in [0.25, 0.3) is 0 Å². The number of nitrogens with zero attached hydrogens (tertiary/aromatic N) is 3. The molecule has 0 aliphatic carbocycles. The highest BCUT2D eigenvalue weighted by Crippen LogP contribution is 2.17. The first-order valence-corrected chi connectivity index (χ1v) is 5.55. The molecule has 1 aromatic carbocycles. The van der Waals surface area contributed by atoms with Gasteiger partial charge in [-0.15, -0.1) is 16.9 Å². The minimum atomic E-state index is 1.05. The first-order valence-electron chi connectivity index (χ1n) is 4.33. The summed E-state index contributed by atoms with van der Waals surface area (Å²) in [6, 6.07) is 8.23. The Bertz CT molecular complexity index is 419. The summed E-state index contributed by atoms with van der Waals surface area (Å²) in [4.78, 5) is 0. The molecule has 0 saturated heterocycles. The van der Waals surface area contributed by atoms with Crippen LogP contribution in [0.1, 0.15) is 5.56 Å². The van der Waals surface area contributed by atoms with Crippen LogP contribution >= 0.6 is 11.8 Å². The molecule has 1 heterocycles. The average Bonchev–Trinajstić information content (AvgIpc) is 2.67. The summed E-state index contributed by atoms with van der Waals surface area (Å²) in [6.07, 6.45) is 3.79. The van der Waals surface area contributed by atoms with E-state index in [0.29, 0.717) is 0 Å². The van der Waals surface area contributed by atoms with Gasteiger partial charge in [0.05, 0.1) is 11.9 Å². The minimum Gasteiger partial charge on any atom is -0.207 e. The lowest BCUT2D eigenvalue weighted by Gasteiger charge is -2.03. The van der Waals surface area contributed by atoms with Crippen molar-refractivity contribution in [3.05, 3.63) is 36.0 Å². The van der Waals surface area contributed by atoms with E-state index in [1.54, 1.807) is 18.0 Å². The third-order valence-corrected chi connectivity index (χ3v) is 2.70. The maximum Gasteiger partial charge on any atom is 0.120 e. The molecule has 0 fully saturated rings. The number of thioether (sulfide) groups is 1. The zero-order chi connectivity index (χ0) is 9.97. The summed E-state index contributed by atoms with van der Waals surface area (Å²) < 4.78 is 1.84. The third kappa shape index (κ3) is 1.65. The number of hydrogen-bond acceptors (Lipinski definition) is 3. The van der Waals surface area contributed by atoms with Crippen LogP contribution in [0.3, 0.4) is 0 Å². The molecule has 0 atom stereocenters. The standard InChI is InChI=1S/C10H11N3S/c1-8-3-5-9(6-4-8)13-10(14-2)7-11-12-13/h3-7H,1-2H3. The molecule has 0 unspecified atom stereocenters. The minimum absolute atomic E-state index is 1.05. The van der Waals surface area contributed by atoms with E-state index < -0.39 is 0 Å². The number of rotatable bonds is 2. The number of aryl methyl sites for hydroxylation is 1. The van der Waals surface area contributed by atoms with Crippen LogP contribution < -0.4 is 0 Å². The highest BCUT2D eigenvalue weighted by Gasteiger charge is 2.03. The molecule has 0 saturated carbocycles. The van der Waals surface area contributed by atoms with Gasteiger partial charge in [-0.3, -0.25) is 0 Å². The smallest absolute Gasteiger partial charge is 0.120 e. The number of aromatic nitrogens is 3. The van der Waals surface area contributed by atoms with Gasteiger partial charge < -0.3 is 0 Å². The molecule has 1 aromatic heterocycles. The van der Waals surface area contributed by atoms with E-state index in [4.69, 9.17) is 0 Å². The topological polar surface area (TPSA) is 30.7 Å². The quantitative estimate of drug-likeness (QED) is 0.705. The van der Waals surface area contributed by atoms with E-state index in [9.17, 15) is 0 Å². The van der Waals surface area contributed by atoms with Crippen LogP contribution in [0, 0.1) is 6.92 Å². The molecular weight excluding hydrogens is 194 g/mol. The van der Waals surface area contributed by atoms with Crippen LogP contribution in [0.25, 0.3) is 5.69 Å². The lowest BCUT2D eigenvalue weighted by Crippen LogP contribution is -1.97. The van der Waals surface area contributed by atoms with Crippen molar-refractivity contribution in [2.75, 3.05) is 6.26 Å². The van der Waals surface area contributed by atoms with Crippen LogP contribution in [-0.2, 0) is 0 Å². The van der Waals surface area contributed by atoms with Gasteiger partial charge in [-0.05, 0) is 25.3 Å². The number of benzene rings is 1. The van der Waals surface area contributed by atoms with Crippen molar-refractivity contribution >= 4 is 11.8 Å². The van der Waals surface area contributed by atoms with Crippen molar-refractivity contribution in [1.82, 2.24) is 15.0 Å². The second-order valence-corrected chi connectivity index (χ2v) is 3.85. The lowest BCUT2D eigenvalue weighted by molar-refractivity contribution is 0.757. The fraction of sp³-hybridized carbons (Fsp3) is 0.200. The Kier molecular flexibility index (Phi) is 2.54. The zero-order valence-electron chi connectivity index (χ0n) is 8.14. The van der Waals surface area contributed by atoms with Crippen LogP contribution in [0.5, 0.6) is 0 Å². The second-order valence-electron chi connectivity index (χ2n) is 3.02. The maximum atomic E-state index is 4.03. The van der Waals surface area contributed by atoms with Crippen molar-refractivity contribution < 1.29 is 0 Å². The molecule has 2 aromatic rings. The molecule has 0 N–H and O–H groups in total. The molecule has 0 radical (unpaired) electrons. The van der Waals surface area contributed by atoms with Gasteiger partial charge in [0.2, 0.25) is 0 Å². The molecule has 0 aliphatic rings. The Morgan fingerprint density at radius 1 is 1.21 bits per heavy atom. The van der Waals surface area contributed by atoms with E-state index in [1.807, 2.05) is 23.1 Å². The fourth-order valence-electron chi connectivity index (χ4n) is 1.23. The van der Waals surface area contributed by atoms with E-state index in [2.05, 4.69) is 29.4 Å². The highest BCUT2D eigenvalue weighted by atomic mass is 32.2. The molecule has 14 heavy (non-hydrogen) atoms. The van der Waals surface area contributed by atoms with E-state index in [0.717, 1.165) is 10.7 Å². The van der Waals surface area contributed by atoms with Gasteiger partial charge in [0.1, 0.15) is 5.03 Å². The molecule has 0 amide bonds. The maximum absolute atomic E-state index is 4.03. The monoisotopic (exact) mass is 205 g/mol. The second kappa shape index (κ2) is 3.84. The van der Waals surface area contributed by atoms with Crippen molar-refractivity contribution in [2.45, 2.75) is 11.9 Å². The van der Waals surface area contributed by atoms with Gasteiger partial charge in [0.15, 0.2) is 0 Å². The summed E-state index contributed by atoms with van der Waals surface area (Å²) in [7, 11) is 0. The summed E-state index contributed by atoms with van der Waals surface area (Å²) in [5.74, 6) is 0. The molecule has 0 aliphatic heterocycles. The zero-order valence-corrected chi connectivity index (χ0v) is 8.95. The highest BCUT2D eigenvalue weighted by molar-refractivity contribution is 7.98. The molecule has 4 heteroatoms. The Hall–Kier alpha value is -1.29. The van der Waals surface area contributed by atoms with Crippen LogP contribution in [0.4, 0.5) is 0 Å². The van der Waals surface area contributed by atoms with Crippen molar-refractivity contribution in [3.8, 4) is 5.69 Å². The van der Waals surface area contributed by atoms with Gasteiger partial charge in [-0.25, -0.2) is 4.68 Å². The normalized spacial score (nSPS) is 10.4. The van der Waals surface area contributed by atoms with Gasteiger partial charge in [-0.2, -0.15) is 0 Å². The Labute approximate surface area is 87.1 Å². The summed E-state index contributed by atoms with van der Waals surface area (Å²) in [5, 5.41) is 8.97. The predicted octanol–water partition coefficient (Wildman–Crippen LogP) is 2.30. The number of hydrogen-bond donors (Lipinski definition) is 0. The summed E-state index contributed by atoms with van der Waals surface area (Å²) in [5.41, 5.74) is 2.30. The molecule has 2 rings (SSSR count). The van der Waals surface area contributed by atoms with Crippen molar-refractivity contribution in [3.63, 3.8) is 0 Å². The largest absolute Gasteiger partial charge is 0.207 e. The first-order chi connectivity index (χ1) is 6.81. The Morgan fingerprint density at radius 2 is 1.93 bits per heavy atom. The van der Waals surface area contributed by atoms with E-state index >= 15 is 0 Å². The lowest BCUT2D eigenvalue weighted by atomic mass is 10.2. The van der Waals surface area contributed by atoms with Gasteiger partial charge in [-0.1, -0.05) is 22.9 Å². The SMILES string of the molecule is CSc1cnnn1-c1ccc(C)cc1. The van der Waals surface area contributed by atoms with E-state index in [1.165, 1.54) is 5.56 Å². The predicted molar refractivity (Wildman–Crippen MR) is 57.9 cm³/mol. The molecule has 72 valence electrons. The average molecular weight is 205 g/mol. The first kappa shape index (κ1) is 9.27. The van der Waals surface area contributed by atoms with Crippen molar-refractivity contribution in [1.29, 1.82) is 0 Å². The van der Waals surface area contributed by atoms with Crippen molar-refractivity contribution in [2.24, 2.45) is 0 Å². The van der Waals surface area contributed by atoms with Gasteiger partial charge >= 0.3 is 0 Å². The van der Waals surface area contributed by atoms with Crippen LogP contribution in [0.2, 0.25) is 0 Å². The fourth-order valence-corrected chi connectivity index (χ4v) is 1.70. The molecule has 3 nitrogen and oxygen atoms in total. The summed E-state index contributed by atoms with van der Waals surface area (Å²) >= 11 is 1.64. The van der Waals surface area contributed by atoms with Gasteiger partial charge in [0, 0.05) is 0 Å². The van der Waals surface area contributed by atoms with E-state index in [-0.39, 0.29) is 0 Å². The summed E-state index contributed by atoms with van der Waals surface area (Å²) in [6.45, 7) is 2.07. The molecular formula is C10H11N3S. The Balaban J connectivity index is 2.44. The van der Waals surface area contributed by atoms with Crippen LogP contribution in [0.15, 0.2) is 35.5 Å². The molecule has 0 bridgehead atoms. The van der Waals surface area contributed by atoms with Crippen LogP contribution in [-0.4, -0.2) is 21.2 Å².